The number of carboxylic acid groups (broad SMARTS) is 1. The van der Waals surface area contributed by atoms with Gasteiger partial charge in [0.2, 0.25) is 0 Å². The van der Waals surface area contributed by atoms with E-state index in [1.54, 1.807) is 24.3 Å². The van der Waals surface area contributed by atoms with Gasteiger partial charge in [0.1, 0.15) is 12.4 Å². The molecule has 0 aliphatic heterocycles. The Labute approximate surface area is 111 Å². The molecule has 0 fully saturated rings. The molecule has 0 bridgehead atoms. The normalized spacial score (nSPS) is 10.8. The first kappa shape index (κ1) is 14.8. The third-order valence-electron chi connectivity index (χ3n) is 2.41. The quantitative estimate of drug-likeness (QED) is 0.595. The average Bonchev–Trinajstić information content (AvgIpc) is 2.35. The van der Waals surface area contributed by atoms with Gasteiger partial charge >= 0.3 is 11.9 Å². The molecule has 6 heteroatoms. The smallest absolute Gasteiger partial charge is 0.344 e. The van der Waals surface area contributed by atoms with E-state index in [1.807, 2.05) is 0 Å². The van der Waals surface area contributed by atoms with Crippen LogP contribution in [0.2, 0.25) is 0 Å². The van der Waals surface area contributed by atoms with Gasteiger partial charge in [-0.3, -0.25) is 4.79 Å². The molecule has 0 spiro atoms. The Morgan fingerprint density at radius 2 is 1.84 bits per heavy atom. The molecular formula is C13H17NO5. The lowest BCUT2D eigenvalue weighted by atomic mass is 9.95. The minimum atomic E-state index is -1.11. The number of carbonyl (C=O) groups excluding carboxylic acids is 1. The third kappa shape index (κ3) is 4.87. The van der Waals surface area contributed by atoms with Crippen molar-refractivity contribution in [2.75, 3.05) is 18.9 Å². The first-order valence-corrected chi connectivity index (χ1v) is 5.68. The fraction of sp³-hybridized carbons (Fsp3) is 0.385. The van der Waals surface area contributed by atoms with Crippen LogP contribution in [0.5, 0.6) is 5.75 Å². The number of aliphatic carboxylic acids is 1. The second-order valence-corrected chi connectivity index (χ2v) is 4.71. The molecule has 0 amide bonds. The van der Waals surface area contributed by atoms with E-state index in [0.29, 0.717) is 11.4 Å². The first-order valence-electron chi connectivity index (χ1n) is 5.68. The van der Waals surface area contributed by atoms with Gasteiger partial charge in [-0.2, -0.15) is 0 Å². The fourth-order valence-electron chi connectivity index (χ4n) is 1.07. The maximum atomic E-state index is 11.4. The number of ether oxygens (including phenoxy) is 2. The molecule has 19 heavy (non-hydrogen) atoms. The number of nitrogens with two attached hydrogens (primary N) is 1. The van der Waals surface area contributed by atoms with Gasteiger partial charge in [0.15, 0.2) is 6.61 Å². The zero-order valence-corrected chi connectivity index (χ0v) is 10.9. The average molecular weight is 267 g/mol. The van der Waals surface area contributed by atoms with Crippen LogP contribution in [0.15, 0.2) is 24.3 Å². The van der Waals surface area contributed by atoms with Crippen LogP contribution in [0.1, 0.15) is 13.8 Å². The van der Waals surface area contributed by atoms with E-state index < -0.39 is 17.4 Å². The van der Waals surface area contributed by atoms with E-state index >= 15 is 0 Å². The third-order valence-corrected chi connectivity index (χ3v) is 2.41. The number of esters is 1. The summed E-state index contributed by atoms with van der Waals surface area (Å²) >= 11 is 0. The molecule has 104 valence electrons. The van der Waals surface area contributed by atoms with E-state index in [-0.39, 0.29) is 13.2 Å². The van der Waals surface area contributed by atoms with Gasteiger partial charge in [0.25, 0.3) is 0 Å². The molecule has 0 radical (unpaired) electrons. The Kier molecular flexibility index (Phi) is 4.74. The Morgan fingerprint density at radius 1 is 1.26 bits per heavy atom. The number of rotatable bonds is 6. The molecule has 0 aliphatic carbocycles. The van der Waals surface area contributed by atoms with E-state index in [9.17, 15) is 9.59 Å². The predicted molar refractivity (Wildman–Crippen MR) is 68.7 cm³/mol. The SMILES string of the molecule is CC(C)(COC(=O)COc1ccc(N)cc1)C(=O)O. The van der Waals surface area contributed by atoms with Crippen molar-refractivity contribution in [1.29, 1.82) is 0 Å². The maximum Gasteiger partial charge on any atom is 0.344 e. The second kappa shape index (κ2) is 6.08. The molecule has 0 aromatic heterocycles. The summed E-state index contributed by atoms with van der Waals surface area (Å²) in [5, 5.41) is 8.85. The van der Waals surface area contributed by atoms with Gasteiger partial charge in [-0.1, -0.05) is 0 Å². The number of nitrogen functional groups attached to an aromatic ring is 1. The van der Waals surface area contributed by atoms with Crippen LogP contribution >= 0.6 is 0 Å². The predicted octanol–water partition coefficient (Wildman–Crippen LogP) is 1.30. The van der Waals surface area contributed by atoms with Crippen LogP contribution in [0.3, 0.4) is 0 Å². The summed E-state index contributed by atoms with van der Waals surface area (Å²) in [5.74, 6) is -1.16. The summed E-state index contributed by atoms with van der Waals surface area (Å²) in [6.07, 6.45) is 0. The number of hydrogen-bond acceptors (Lipinski definition) is 5. The highest BCUT2D eigenvalue weighted by molar-refractivity contribution is 5.75. The lowest BCUT2D eigenvalue weighted by molar-refractivity contribution is -0.157. The van der Waals surface area contributed by atoms with Crippen molar-refractivity contribution in [1.82, 2.24) is 0 Å². The topological polar surface area (TPSA) is 98.9 Å². The molecular weight excluding hydrogens is 250 g/mol. The molecule has 1 rings (SSSR count). The van der Waals surface area contributed by atoms with Crippen molar-refractivity contribution in [3.63, 3.8) is 0 Å². The van der Waals surface area contributed by atoms with Gasteiger partial charge in [-0.05, 0) is 38.1 Å². The van der Waals surface area contributed by atoms with Gasteiger partial charge < -0.3 is 20.3 Å². The van der Waals surface area contributed by atoms with Gasteiger partial charge in [0, 0.05) is 5.69 Å². The van der Waals surface area contributed by atoms with Crippen LogP contribution in [-0.2, 0) is 14.3 Å². The largest absolute Gasteiger partial charge is 0.482 e. The molecule has 6 nitrogen and oxygen atoms in total. The van der Waals surface area contributed by atoms with Crippen molar-refractivity contribution in [2.45, 2.75) is 13.8 Å². The van der Waals surface area contributed by atoms with Gasteiger partial charge in [-0.25, -0.2) is 4.79 Å². The van der Waals surface area contributed by atoms with Gasteiger partial charge in [-0.15, -0.1) is 0 Å². The highest BCUT2D eigenvalue weighted by Gasteiger charge is 2.29. The molecule has 0 heterocycles. The van der Waals surface area contributed by atoms with Crippen LogP contribution in [0, 0.1) is 5.41 Å². The first-order chi connectivity index (χ1) is 8.81. The molecule has 0 atom stereocenters. The Balaban J connectivity index is 2.36. The van der Waals surface area contributed by atoms with Crippen molar-refractivity contribution in [3.8, 4) is 5.75 Å². The summed E-state index contributed by atoms with van der Waals surface area (Å²) in [6.45, 7) is 2.47. The maximum absolute atomic E-state index is 11.4. The van der Waals surface area contributed by atoms with Crippen molar-refractivity contribution >= 4 is 17.6 Å². The highest BCUT2D eigenvalue weighted by Crippen LogP contribution is 2.16. The lowest BCUT2D eigenvalue weighted by Crippen LogP contribution is -2.31. The molecule has 0 saturated heterocycles. The van der Waals surface area contributed by atoms with Crippen molar-refractivity contribution in [2.24, 2.45) is 5.41 Å². The van der Waals surface area contributed by atoms with Crippen LogP contribution in [0.25, 0.3) is 0 Å². The summed E-state index contributed by atoms with van der Waals surface area (Å²) in [4.78, 5) is 22.2. The monoisotopic (exact) mass is 267 g/mol. The number of anilines is 1. The van der Waals surface area contributed by atoms with Gasteiger partial charge in [0.05, 0.1) is 5.41 Å². The van der Waals surface area contributed by atoms with Crippen LogP contribution < -0.4 is 10.5 Å². The van der Waals surface area contributed by atoms with E-state index in [1.165, 1.54) is 13.8 Å². The zero-order valence-electron chi connectivity index (χ0n) is 10.9. The Morgan fingerprint density at radius 3 is 2.37 bits per heavy atom. The number of carbonyl (C=O) groups is 2. The highest BCUT2D eigenvalue weighted by atomic mass is 16.6. The van der Waals surface area contributed by atoms with Crippen LogP contribution in [0.4, 0.5) is 5.69 Å². The van der Waals surface area contributed by atoms with Crippen LogP contribution in [-0.4, -0.2) is 30.3 Å². The molecule has 0 saturated carbocycles. The second-order valence-electron chi connectivity index (χ2n) is 4.71. The van der Waals surface area contributed by atoms with Crippen molar-refractivity contribution in [3.05, 3.63) is 24.3 Å². The number of hydrogen-bond donors (Lipinski definition) is 2. The summed E-state index contributed by atoms with van der Waals surface area (Å²) in [6, 6.07) is 6.55. The summed E-state index contributed by atoms with van der Waals surface area (Å²) in [7, 11) is 0. The summed E-state index contributed by atoms with van der Waals surface area (Å²) < 4.78 is 10.0. The van der Waals surface area contributed by atoms with E-state index in [4.69, 9.17) is 20.3 Å². The molecule has 0 aliphatic rings. The van der Waals surface area contributed by atoms with E-state index in [2.05, 4.69) is 0 Å². The minimum Gasteiger partial charge on any atom is -0.482 e. The molecule has 1 aromatic carbocycles. The number of benzene rings is 1. The summed E-state index contributed by atoms with van der Waals surface area (Å²) in [5.41, 5.74) is 4.99. The molecule has 0 unspecified atom stereocenters. The Bertz CT molecular complexity index is 453. The standard InChI is InChI=1S/C13H17NO5/c1-13(2,12(16)17)8-19-11(15)7-18-10-5-3-9(14)4-6-10/h3-6H,7-8,14H2,1-2H3,(H,16,17). The Hall–Kier alpha value is -2.24. The molecule has 1 aromatic rings. The zero-order chi connectivity index (χ0) is 14.5. The number of carboxylic acids is 1. The van der Waals surface area contributed by atoms with E-state index in [0.717, 1.165) is 0 Å². The van der Waals surface area contributed by atoms with Crippen molar-refractivity contribution < 1.29 is 24.2 Å². The lowest BCUT2D eigenvalue weighted by Gasteiger charge is -2.18. The fourth-order valence-corrected chi connectivity index (χ4v) is 1.07. The minimum absolute atomic E-state index is 0.202. The molecule has 3 N–H and O–H groups in total.